The second-order valence-corrected chi connectivity index (χ2v) is 4.38. The number of rotatable bonds is 3. The highest BCUT2D eigenvalue weighted by molar-refractivity contribution is 4.84. The van der Waals surface area contributed by atoms with Crippen LogP contribution < -0.4 is 0 Å². The molecule has 3 nitrogen and oxygen atoms in total. The van der Waals surface area contributed by atoms with E-state index >= 15 is 0 Å². The van der Waals surface area contributed by atoms with Crippen molar-refractivity contribution in [2.24, 2.45) is 5.92 Å². The molecule has 1 saturated heterocycles. The van der Waals surface area contributed by atoms with Crippen molar-refractivity contribution in [3.8, 4) is 0 Å². The highest BCUT2D eigenvalue weighted by atomic mass is 16.5. The lowest BCUT2D eigenvalue weighted by molar-refractivity contribution is -0.0550. The number of aliphatic hydroxyl groups is 1. The monoisotopic (exact) mass is 185 g/mol. The molecule has 0 aromatic rings. The first kappa shape index (κ1) is 9.44. The van der Waals surface area contributed by atoms with E-state index in [2.05, 4.69) is 11.9 Å². The molecule has 1 saturated carbocycles. The summed E-state index contributed by atoms with van der Waals surface area (Å²) in [5.41, 5.74) is 0. The maximum absolute atomic E-state index is 9.75. The van der Waals surface area contributed by atoms with Crippen LogP contribution in [0.1, 0.15) is 19.3 Å². The van der Waals surface area contributed by atoms with E-state index in [9.17, 15) is 5.11 Å². The van der Waals surface area contributed by atoms with Crippen molar-refractivity contribution >= 4 is 0 Å². The van der Waals surface area contributed by atoms with Crippen LogP contribution in [0, 0.1) is 5.92 Å². The zero-order valence-corrected chi connectivity index (χ0v) is 8.28. The highest BCUT2D eigenvalue weighted by Gasteiger charge is 2.31. The Kier molecular flexibility index (Phi) is 2.86. The van der Waals surface area contributed by atoms with Gasteiger partial charge in [0.1, 0.15) is 0 Å². The van der Waals surface area contributed by atoms with Gasteiger partial charge >= 0.3 is 0 Å². The van der Waals surface area contributed by atoms with Gasteiger partial charge in [0.15, 0.2) is 0 Å². The van der Waals surface area contributed by atoms with Crippen molar-refractivity contribution < 1.29 is 9.84 Å². The number of ether oxygens (including phenoxy) is 1. The number of nitrogens with zero attached hydrogens (tertiary/aromatic N) is 1. The van der Waals surface area contributed by atoms with Crippen LogP contribution in [0.3, 0.4) is 0 Å². The summed E-state index contributed by atoms with van der Waals surface area (Å²) in [7, 11) is 2.10. The van der Waals surface area contributed by atoms with Gasteiger partial charge < -0.3 is 9.84 Å². The first-order chi connectivity index (χ1) is 6.27. The average molecular weight is 185 g/mol. The summed E-state index contributed by atoms with van der Waals surface area (Å²) in [4.78, 5) is 2.27. The summed E-state index contributed by atoms with van der Waals surface area (Å²) >= 11 is 0. The lowest BCUT2D eigenvalue weighted by atomic mass is 10.1. The van der Waals surface area contributed by atoms with Crippen LogP contribution >= 0.6 is 0 Å². The number of aliphatic hydroxyl groups excluding tert-OH is 1. The van der Waals surface area contributed by atoms with E-state index in [4.69, 9.17) is 4.74 Å². The van der Waals surface area contributed by atoms with E-state index in [1.165, 1.54) is 12.8 Å². The lowest BCUT2D eigenvalue weighted by Gasteiger charge is -2.35. The largest absolute Gasteiger partial charge is 0.391 e. The number of hydrogen-bond acceptors (Lipinski definition) is 3. The smallest absolute Gasteiger partial charge is 0.0739 e. The first-order valence-corrected chi connectivity index (χ1v) is 5.23. The molecule has 0 amide bonds. The Hall–Kier alpha value is -0.120. The molecule has 1 aliphatic heterocycles. The van der Waals surface area contributed by atoms with Gasteiger partial charge in [-0.2, -0.15) is 0 Å². The summed E-state index contributed by atoms with van der Waals surface area (Å²) < 4.78 is 5.37. The van der Waals surface area contributed by atoms with Crippen molar-refractivity contribution in [2.75, 3.05) is 26.8 Å². The molecular weight excluding hydrogens is 166 g/mol. The molecule has 0 spiro atoms. The minimum atomic E-state index is -0.183. The van der Waals surface area contributed by atoms with Gasteiger partial charge in [-0.1, -0.05) is 0 Å². The van der Waals surface area contributed by atoms with Crippen molar-refractivity contribution in [3.05, 3.63) is 0 Å². The molecule has 2 fully saturated rings. The van der Waals surface area contributed by atoms with Gasteiger partial charge in [-0.15, -0.1) is 0 Å². The Labute approximate surface area is 79.7 Å². The molecule has 13 heavy (non-hydrogen) atoms. The number of likely N-dealkylation sites (N-methyl/N-ethyl adjacent to an activating group) is 1. The van der Waals surface area contributed by atoms with Gasteiger partial charge in [0, 0.05) is 13.2 Å². The molecule has 2 aliphatic rings. The Morgan fingerprint density at radius 3 is 2.77 bits per heavy atom. The van der Waals surface area contributed by atoms with Crippen LogP contribution in [0.4, 0.5) is 0 Å². The third kappa shape index (κ3) is 2.42. The fraction of sp³-hybridized carbons (Fsp3) is 1.00. The molecule has 1 N–H and O–H groups in total. The molecule has 1 heterocycles. The number of hydrogen-bond donors (Lipinski definition) is 1. The van der Waals surface area contributed by atoms with E-state index < -0.39 is 0 Å². The molecule has 0 aromatic heterocycles. The molecule has 1 aliphatic carbocycles. The summed E-state index contributed by atoms with van der Waals surface area (Å²) in [5, 5.41) is 9.75. The van der Waals surface area contributed by atoms with E-state index in [-0.39, 0.29) is 12.1 Å². The SMILES string of the molecule is CN(CC1CC1)C1COCCC1O. The molecule has 0 bridgehead atoms. The maximum Gasteiger partial charge on any atom is 0.0739 e. The average Bonchev–Trinajstić information content (AvgIpc) is 2.89. The quantitative estimate of drug-likeness (QED) is 0.694. The van der Waals surface area contributed by atoms with Crippen molar-refractivity contribution in [1.82, 2.24) is 4.90 Å². The standard InChI is InChI=1S/C10H19NO2/c1-11(6-8-2-3-8)9-7-13-5-4-10(9)12/h8-10,12H,2-7H2,1H3. The predicted molar refractivity (Wildman–Crippen MR) is 50.6 cm³/mol. The molecule has 3 heteroatoms. The third-order valence-corrected chi connectivity index (χ3v) is 3.10. The Morgan fingerprint density at radius 2 is 2.15 bits per heavy atom. The molecule has 76 valence electrons. The van der Waals surface area contributed by atoms with Gasteiger partial charge in [0.05, 0.1) is 18.8 Å². The predicted octanol–water partition coefficient (Wildman–Crippen LogP) is 0.478. The van der Waals surface area contributed by atoms with Crippen molar-refractivity contribution in [2.45, 2.75) is 31.4 Å². The van der Waals surface area contributed by atoms with Gasteiger partial charge in [0.2, 0.25) is 0 Å². The Balaban J connectivity index is 1.81. The van der Waals surface area contributed by atoms with Crippen LogP contribution in [0.2, 0.25) is 0 Å². The molecule has 2 atom stereocenters. The minimum absolute atomic E-state index is 0.183. The van der Waals surface area contributed by atoms with Gasteiger partial charge in [-0.3, -0.25) is 4.90 Å². The molecule has 0 aromatic carbocycles. The Bertz CT molecular complexity index is 170. The lowest BCUT2D eigenvalue weighted by Crippen LogP contribution is -2.48. The van der Waals surface area contributed by atoms with E-state index in [0.29, 0.717) is 6.61 Å². The minimum Gasteiger partial charge on any atom is -0.391 e. The highest BCUT2D eigenvalue weighted by Crippen LogP contribution is 2.30. The van der Waals surface area contributed by atoms with Gasteiger partial charge in [-0.05, 0) is 32.2 Å². The van der Waals surface area contributed by atoms with Crippen LogP contribution in [0.5, 0.6) is 0 Å². The van der Waals surface area contributed by atoms with E-state index in [1.54, 1.807) is 0 Å². The van der Waals surface area contributed by atoms with Crippen LogP contribution in [-0.4, -0.2) is 49.0 Å². The molecule has 2 rings (SSSR count). The van der Waals surface area contributed by atoms with E-state index in [0.717, 1.165) is 25.5 Å². The van der Waals surface area contributed by atoms with Crippen molar-refractivity contribution in [3.63, 3.8) is 0 Å². The fourth-order valence-electron chi connectivity index (χ4n) is 1.98. The summed E-state index contributed by atoms with van der Waals surface area (Å²) in [5.74, 6) is 0.888. The zero-order valence-electron chi connectivity index (χ0n) is 8.28. The molecule has 2 unspecified atom stereocenters. The van der Waals surface area contributed by atoms with Gasteiger partial charge in [-0.25, -0.2) is 0 Å². The summed E-state index contributed by atoms with van der Waals surface area (Å²) in [6.45, 7) is 2.55. The molecule has 0 radical (unpaired) electrons. The molecular formula is C10H19NO2. The second-order valence-electron chi connectivity index (χ2n) is 4.38. The van der Waals surface area contributed by atoms with Gasteiger partial charge in [0.25, 0.3) is 0 Å². The maximum atomic E-state index is 9.75. The van der Waals surface area contributed by atoms with Crippen LogP contribution in [-0.2, 0) is 4.74 Å². The van der Waals surface area contributed by atoms with Crippen LogP contribution in [0.25, 0.3) is 0 Å². The van der Waals surface area contributed by atoms with Crippen molar-refractivity contribution in [1.29, 1.82) is 0 Å². The first-order valence-electron chi connectivity index (χ1n) is 5.23. The topological polar surface area (TPSA) is 32.7 Å². The summed E-state index contributed by atoms with van der Waals surface area (Å²) in [6, 6.07) is 0.231. The van der Waals surface area contributed by atoms with E-state index in [1.807, 2.05) is 0 Å². The summed E-state index contributed by atoms with van der Waals surface area (Å²) in [6.07, 6.45) is 3.35. The van der Waals surface area contributed by atoms with Crippen LogP contribution in [0.15, 0.2) is 0 Å². The fourth-order valence-corrected chi connectivity index (χ4v) is 1.98. The third-order valence-electron chi connectivity index (χ3n) is 3.10. The second kappa shape index (κ2) is 3.95. The normalized spacial score (nSPS) is 35.3. The zero-order chi connectivity index (χ0) is 9.26. The Morgan fingerprint density at radius 1 is 1.38 bits per heavy atom.